The van der Waals surface area contributed by atoms with E-state index in [4.69, 9.17) is 4.74 Å². The first-order valence-corrected chi connectivity index (χ1v) is 7.85. The Kier molecular flexibility index (Phi) is 4.72. The minimum absolute atomic E-state index is 0.125. The Morgan fingerprint density at radius 2 is 1.24 bits per heavy atom. The van der Waals surface area contributed by atoms with E-state index in [2.05, 4.69) is 62.3 Å². The Hall–Kier alpha value is -1.18. The normalized spacial score (nSPS) is 13.4. The summed E-state index contributed by atoms with van der Waals surface area (Å²) < 4.78 is 6.17. The molecule has 0 unspecified atom stereocenters. The van der Waals surface area contributed by atoms with E-state index in [1.54, 1.807) is 0 Å². The zero-order chi connectivity index (χ0) is 16.6. The summed E-state index contributed by atoms with van der Waals surface area (Å²) in [5, 5.41) is 10.7. The maximum Gasteiger partial charge on any atom is 0.123 e. The van der Waals surface area contributed by atoms with Gasteiger partial charge in [0.2, 0.25) is 0 Å². The average Bonchev–Trinajstić information content (AvgIpc) is 2.28. The van der Waals surface area contributed by atoms with Gasteiger partial charge in [-0.15, -0.1) is 0 Å². The number of hydrogen-bond acceptors (Lipinski definition) is 2. The van der Waals surface area contributed by atoms with Crippen LogP contribution in [0.15, 0.2) is 12.1 Å². The Balaban J connectivity index is 3.48. The number of phenols is 1. The lowest BCUT2D eigenvalue weighted by Crippen LogP contribution is -2.27. The van der Waals surface area contributed by atoms with Crippen LogP contribution >= 0.6 is 0 Å². The second-order valence-corrected chi connectivity index (χ2v) is 8.58. The van der Waals surface area contributed by atoms with E-state index in [0.717, 1.165) is 23.3 Å². The summed E-state index contributed by atoms with van der Waals surface area (Å²) in [6, 6.07) is 3.98. The fourth-order valence-electron chi connectivity index (χ4n) is 2.20. The molecule has 2 nitrogen and oxygen atoms in total. The number of aromatic hydroxyl groups is 1. The van der Waals surface area contributed by atoms with Crippen molar-refractivity contribution in [3.63, 3.8) is 0 Å². The van der Waals surface area contributed by atoms with E-state index >= 15 is 0 Å². The Morgan fingerprint density at radius 1 is 0.857 bits per heavy atom. The third kappa shape index (κ3) is 4.39. The summed E-state index contributed by atoms with van der Waals surface area (Å²) in [5.41, 5.74) is 1.43. The van der Waals surface area contributed by atoms with Crippen LogP contribution in [0, 0.1) is 0 Å². The fraction of sp³-hybridized carbons (Fsp3) is 0.684. The van der Waals surface area contributed by atoms with Crippen molar-refractivity contribution in [2.75, 3.05) is 0 Å². The van der Waals surface area contributed by atoms with E-state index < -0.39 is 0 Å². The molecule has 0 aliphatic heterocycles. The summed E-state index contributed by atoms with van der Waals surface area (Å²) in [7, 11) is 0. The van der Waals surface area contributed by atoms with Crippen molar-refractivity contribution in [2.24, 2.45) is 0 Å². The second kappa shape index (κ2) is 5.55. The lowest BCUT2D eigenvalue weighted by atomic mass is 9.79. The van der Waals surface area contributed by atoms with Crippen LogP contribution in [-0.2, 0) is 10.8 Å². The molecular weight excluding hydrogens is 260 g/mol. The van der Waals surface area contributed by atoms with Gasteiger partial charge in [0.1, 0.15) is 17.1 Å². The van der Waals surface area contributed by atoms with Crippen molar-refractivity contribution in [1.29, 1.82) is 0 Å². The van der Waals surface area contributed by atoms with Crippen molar-refractivity contribution in [3.8, 4) is 11.5 Å². The number of hydrogen-bond donors (Lipinski definition) is 1. The summed E-state index contributed by atoms with van der Waals surface area (Å²) in [6.45, 7) is 19.0. The molecule has 0 bridgehead atoms. The number of phenolic OH excluding ortho intramolecular Hbond substituents is 1. The molecule has 0 radical (unpaired) electrons. The minimum atomic E-state index is -0.207. The van der Waals surface area contributed by atoms with Crippen LogP contribution in [0.2, 0.25) is 0 Å². The first-order chi connectivity index (χ1) is 9.28. The zero-order valence-electron chi connectivity index (χ0n) is 15.2. The summed E-state index contributed by atoms with van der Waals surface area (Å²) in [6.07, 6.45) is 0.934. The van der Waals surface area contributed by atoms with Crippen molar-refractivity contribution in [3.05, 3.63) is 23.3 Å². The fourth-order valence-corrected chi connectivity index (χ4v) is 2.20. The summed E-state index contributed by atoms with van der Waals surface area (Å²) in [4.78, 5) is 0. The number of ether oxygens (including phenoxy) is 1. The van der Waals surface area contributed by atoms with Crippen LogP contribution in [0.1, 0.15) is 79.9 Å². The molecule has 0 amide bonds. The van der Waals surface area contributed by atoms with Crippen molar-refractivity contribution in [2.45, 2.75) is 85.2 Å². The SMILES string of the molecule is CCC(C)(C)Oc1cc(C(C)(C)C)c(O)c(C(C)(C)C)c1. The van der Waals surface area contributed by atoms with Gasteiger partial charge in [0.05, 0.1) is 0 Å². The van der Waals surface area contributed by atoms with Gasteiger partial charge in [-0.05, 0) is 43.2 Å². The van der Waals surface area contributed by atoms with Crippen molar-refractivity contribution >= 4 is 0 Å². The average molecular weight is 292 g/mol. The maximum absolute atomic E-state index is 10.7. The molecule has 0 aliphatic carbocycles. The van der Waals surface area contributed by atoms with Gasteiger partial charge < -0.3 is 9.84 Å². The van der Waals surface area contributed by atoms with E-state index in [-0.39, 0.29) is 16.4 Å². The zero-order valence-corrected chi connectivity index (χ0v) is 15.2. The lowest BCUT2D eigenvalue weighted by molar-refractivity contribution is 0.104. The van der Waals surface area contributed by atoms with Gasteiger partial charge in [-0.3, -0.25) is 0 Å². The highest BCUT2D eigenvalue weighted by Crippen LogP contribution is 2.42. The molecule has 1 N–H and O–H groups in total. The monoisotopic (exact) mass is 292 g/mol. The predicted molar refractivity (Wildman–Crippen MR) is 90.5 cm³/mol. The van der Waals surface area contributed by atoms with Crippen LogP contribution in [0.4, 0.5) is 0 Å². The third-order valence-corrected chi connectivity index (χ3v) is 3.95. The molecule has 0 fully saturated rings. The van der Waals surface area contributed by atoms with Gasteiger partial charge in [0.15, 0.2) is 0 Å². The Morgan fingerprint density at radius 3 is 1.52 bits per heavy atom. The second-order valence-electron chi connectivity index (χ2n) is 8.58. The van der Waals surface area contributed by atoms with Crippen LogP contribution in [-0.4, -0.2) is 10.7 Å². The smallest absolute Gasteiger partial charge is 0.123 e. The molecule has 0 aliphatic rings. The molecule has 0 saturated carbocycles. The minimum Gasteiger partial charge on any atom is -0.507 e. The van der Waals surface area contributed by atoms with Gasteiger partial charge in [0, 0.05) is 11.1 Å². The molecule has 0 spiro atoms. The molecular formula is C19H32O2. The molecule has 2 heteroatoms. The summed E-state index contributed by atoms with van der Waals surface area (Å²) >= 11 is 0. The topological polar surface area (TPSA) is 29.5 Å². The molecule has 0 saturated heterocycles. The third-order valence-electron chi connectivity index (χ3n) is 3.95. The van der Waals surface area contributed by atoms with Crippen LogP contribution < -0.4 is 4.74 Å². The first kappa shape index (κ1) is 17.9. The molecule has 120 valence electrons. The van der Waals surface area contributed by atoms with Crippen molar-refractivity contribution < 1.29 is 9.84 Å². The highest BCUT2D eigenvalue weighted by molar-refractivity contribution is 5.52. The van der Waals surface area contributed by atoms with Gasteiger partial charge in [-0.25, -0.2) is 0 Å². The van der Waals surface area contributed by atoms with E-state index in [1.165, 1.54) is 0 Å². The highest BCUT2D eigenvalue weighted by Gasteiger charge is 2.28. The van der Waals surface area contributed by atoms with Gasteiger partial charge in [0.25, 0.3) is 0 Å². The van der Waals surface area contributed by atoms with Crippen LogP contribution in [0.3, 0.4) is 0 Å². The number of rotatable bonds is 3. The lowest BCUT2D eigenvalue weighted by Gasteiger charge is -2.31. The maximum atomic E-state index is 10.7. The number of benzene rings is 1. The molecule has 0 atom stereocenters. The standard InChI is InChI=1S/C19H32O2/c1-10-19(8,9)21-13-11-14(17(2,3)4)16(20)15(12-13)18(5,6)7/h11-12,20H,10H2,1-9H3. The first-order valence-electron chi connectivity index (χ1n) is 7.85. The predicted octanol–water partition coefficient (Wildman–Crippen LogP) is 5.55. The van der Waals surface area contributed by atoms with Crippen LogP contribution in [0.25, 0.3) is 0 Å². The van der Waals surface area contributed by atoms with Crippen molar-refractivity contribution in [1.82, 2.24) is 0 Å². The Labute approximate surface area is 130 Å². The largest absolute Gasteiger partial charge is 0.507 e. The molecule has 1 aromatic rings. The molecule has 0 aromatic heterocycles. The molecule has 0 heterocycles. The van der Waals surface area contributed by atoms with E-state index in [0.29, 0.717) is 5.75 Å². The molecule has 1 rings (SSSR count). The quantitative estimate of drug-likeness (QED) is 0.791. The summed E-state index contributed by atoms with van der Waals surface area (Å²) in [5.74, 6) is 1.24. The Bertz CT molecular complexity index is 464. The van der Waals surface area contributed by atoms with Crippen LogP contribution in [0.5, 0.6) is 11.5 Å². The van der Waals surface area contributed by atoms with E-state index in [1.807, 2.05) is 12.1 Å². The van der Waals surface area contributed by atoms with Gasteiger partial charge in [-0.1, -0.05) is 48.5 Å². The highest BCUT2D eigenvalue weighted by atomic mass is 16.5. The molecule has 21 heavy (non-hydrogen) atoms. The molecule has 1 aromatic carbocycles. The van der Waals surface area contributed by atoms with Gasteiger partial charge in [-0.2, -0.15) is 0 Å². The van der Waals surface area contributed by atoms with Gasteiger partial charge >= 0.3 is 0 Å². The van der Waals surface area contributed by atoms with E-state index in [9.17, 15) is 5.11 Å².